The first kappa shape index (κ1) is 8.86. The second-order valence-corrected chi connectivity index (χ2v) is 0.250. The van der Waals surface area contributed by atoms with Gasteiger partial charge in [0.15, 0.2) is 0 Å². The first-order valence-electron chi connectivity index (χ1n) is 0.408. The van der Waals surface area contributed by atoms with Gasteiger partial charge < -0.3 is 0 Å². The van der Waals surface area contributed by atoms with E-state index in [1.54, 1.807) is 0 Å². The van der Waals surface area contributed by atoms with Gasteiger partial charge >= 0.3 is 0 Å². The molecule has 0 aliphatic heterocycles. The van der Waals surface area contributed by atoms with Gasteiger partial charge in [0, 0.05) is 27.3 Å². The summed E-state index contributed by atoms with van der Waals surface area (Å²) in [6.45, 7) is 0. The molecule has 0 saturated carbocycles. The molecule has 0 aromatic heterocycles. The minimum Gasteiger partial charge on any atom is -0.235 e. The van der Waals surface area contributed by atoms with Crippen LogP contribution in [0.15, 0.2) is 0 Å². The van der Waals surface area contributed by atoms with Crippen molar-refractivity contribution >= 4 is 38.9 Å². The van der Waals surface area contributed by atoms with Crippen LogP contribution >= 0.6 is 0 Å². The van der Waals surface area contributed by atoms with E-state index in [0.717, 1.165) is 0 Å². The zero-order valence-corrected chi connectivity index (χ0v) is 6.70. The van der Waals surface area contributed by atoms with Crippen molar-refractivity contribution in [2.75, 3.05) is 0 Å². The zero-order chi connectivity index (χ0) is 2.71. The Morgan fingerprint density at radius 3 is 1.25 bits per heavy atom. The average molecular weight is 273 g/mol. The molecule has 0 aliphatic carbocycles. The van der Waals surface area contributed by atoms with Crippen molar-refractivity contribution in [3.63, 3.8) is 0 Å². The molecule has 0 saturated heterocycles. The summed E-state index contributed by atoms with van der Waals surface area (Å²) in [6, 6.07) is 0. The summed E-state index contributed by atoms with van der Waals surface area (Å²) in [4.78, 5) is 0. The molecule has 0 aromatic carbocycles. The first-order valence-corrected chi connectivity index (χ1v) is 1.22. The summed E-state index contributed by atoms with van der Waals surface area (Å²) < 4.78 is 16.8. The molecule has 0 spiro atoms. The molecule has 0 aromatic rings. The largest absolute Gasteiger partial charge is 0.235 e. The summed E-state index contributed by atoms with van der Waals surface area (Å²) in [5.74, 6) is 0. The van der Waals surface area contributed by atoms with E-state index >= 15 is 0 Å². The van der Waals surface area contributed by atoms with Crippen LogP contribution in [-0.2, 0) is 11.6 Å². The van der Waals surface area contributed by atoms with E-state index < -0.39 is 11.6 Å². The quantitative estimate of drug-likeness (QED) is 0.499. The van der Waals surface area contributed by atoms with Crippen molar-refractivity contribution in [2.45, 2.75) is 0 Å². The van der Waals surface area contributed by atoms with Crippen LogP contribution in [0, 0.1) is 0 Å². The second-order valence-electron chi connectivity index (χ2n) is 0.0833. The third-order valence-corrected chi connectivity index (χ3v) is 0. The van der Waals surface area contributed by atoms with Gasteiger partial charge in [0.05, 0.1) is 0 Å². The summed E-state index contributed by atoms with van der Waals surface area (Å²) in [5, 5.41) is 0. The Morgan fingerprint density at radius 2 is 1.25 bits per heavy atom. The van der Waals surface area contributed by atoms with Crippen LogP contribution < -0.4 is 0 Å². The fourth-order valence-corrected chi connectivity index (χ4v) is 0. The molecular formula is H2O2PbS. The smallest absolute Gasteiger partial charge is 0.129 e. The molecule has 0 aliphatic rings. The first-order chi connectivity index (χ1) is 1.41. The Hall–Kier alpha value is 0.872. The third kappa shape index (κ3) is 13.2. The predicted molar refractivity (Wildman–Crippen MR) is 17.5 cm³/mol. The van der Waals surface area contributed by atoms with Crippen molar-refractivity contribution < 1.29 is 8.42 Å². The molecule has 0 fully saturated rings. The van der Waals surface area contributed by atoms with Crippen LogP contribution in [0.5, 0.6) is 0 Å². The van der Waals surface area contributed by atoms with Gasteiger partial charge in [0.1, 0.15) is 11.6 Å². The minimum atomic E-state index is -1.42. The molecule has 0 N–H and O–H groups in total. The second kappa shape index (κ2) is 9.11. The van der Waals surface area contributed by atoms with E-state index in [1.165, 1.54) is 0 Å². The summed E-state index contributed by atoms with van der Waals surface area (Å²) in [7, 11) is 0. The Bertz CT molecular complexity index is 27.0. The van der Waals surface area contributed by atoms with Gasteiger partial charge in [-0.3, -0.25) is 0 Å². The molecule has 0 heterocycles. The monoisotopic (exact) mass is 274 g/mol. The molecule has 4 heavy (non-hydrogen) atoms. The molecule has 0 amide bonds. The molecular weight excluding hydrogens is 271 g/mol. The molecule has 4 heteroatoms. The number of hydrogen-bond donors (Lipinski definition) is 0. The maximum atomic E-state index is 8.40. The van der Waals surface area contributed by atoms with E-state index in [9.17, 15) is 0 Å². The van der Waals surface area contributed by atoms with Crippen LogP contribution in [-0.4, -0.2) is 35.7 Å². The number of hydrogen-bond acceptors (Lipinski definition) is 2. The maximum Gasteiger partial charge on any atom is 0.129 e. The van der Waals surface area contributed by atoms with Crippen LogP contribution in [0.3, 0.4) is 0 Å². The fraction of sp³-hybridized carbons (Fsp3) is 0. The van der Waals surface area contributed by atoms with Crippen molar-refractivity contribution in [3.05, 3.63) is 0 Å². The molecule has 24 valence electrons. The predicted octanol–water partition coefficient (Wildman–Crippen LogP) is -1.59. The Kier molecular flexibility index (Phi) is 20.2. The molecule has 0 rings (SSSR count). The topological polar surface area (TPSA) is 34.1 Å². The van der Waals surface area contributed by atoms with Crippen molar-refractivity contribution in [3.8, 4) is 0 Å². The summed E-state index contributed by atoms with van der Waals surface area (Å²) in [6.07, 6.45) is 0. The van der Waals surface area contributed by atoms with Gasteiger partial charge in [-0.1, -0.05) is 0 Å². The van der Waals surface area contributed by atoms with E-state index in [-0.39, 0.29) is 27.3 Å². The van der Waals surface area contributed by atoms with E-state index in [1.807, 2.05) is 0 Å². The molecule has 2 nitrogen and oxygen atoms in total. The van der Waals surface area contributed by atoms with Gasteiger partial charge in [0.2, 0.25) is 0 Å². The van der Waals surface area contributed by atoms with E-state index in [4.69, 9.17) is 8.42 Å². The van der Waals surface area contributed by atoms with Gasteiger partial charge in [0.25, 0.3) is 0 Å². The Balaban J connectivity index is 0. The van der Waals surface area contributed by atoms with Gasteiger partial charge in [-0.15, -0.1) is 0 Å². The van der Waals surface area contributed by atoms with Crippen LogP contribution in [0.25, 0.3) is 0 Å². The van der Waals surface area contributed by atoms with Crippen LogP contribution in [0.1, 0.15) is 0 Å². The van der Waals surface area contributed by atoms with Crippen molar-refractivity contribution in [1.82, 2.24) is 0 Å². The van der Waals surface area contributed by atoms with Gasteiger partial charge in [-0.2, -0.15) is 0 Å². The average Bonchev–Trinajstić information content (AvgIpc) is 0.918. The molecule has 0 atom stereocenters. The van der Waals surface area contributed by atoms with E-state index in [2.05, 4.69) is 0 Å². The maximum absolute atomic E-state index is 8.40. The Morgan fingerprint density at radius 1 is 1.25 bits per heavy atom. The standard InChI is InChI=1S/H2O2S.Pb/c1-3-2;/h3H2;. The Labute approximate surface area is 47.3 Å². The van der Waals surface area contributed by atoms with E-state index in [0.29, 0.717) is 0 Å². The third-order valence-electron chi connectivity index (χ3n) is 0. The minimum absolute atomic E-state index is 0. The van der Waals surface area contributed by atoms with Crippen LogP contribution in [0.4, 0.5) is 0 Å². The summed E-state index contributed by atoms with van der Waals surface area (Å²) in [5.41, 5.74) is 0. The molecule has 0 unspecified atom stereocenters. The van der Waals surface area contributed by atoms with Crippen molar-refractivity contribution in [2.24, 2.45) is 0 Å². The van der Waals surface area contributed by atoms with Crippen molar-refractivity contribution in [1.29, 1.82) is 0 Å². The number of rotatable bonds is 0. The molecule has 0 bridgehead atoms. The summed E-state index contributed by atoms with van der Waals surface area (Å²) >= 11 is -1.42. The fourth-order valence-electron chi connectivity index (χ4n) is 0. The zero-order valence-electron chi connectivity index (χ0n) is 1.82. The molecule has 4 radical (unpaired) electrons. The van der Waals surface area contributed by atoms with Gasteiger partial charge in [-0.05, 0) is 0 Å². The normalized spacial score (nSPS) is 4.00. The SMILES string of the molecule is O=[SH2]=O.[Pb]. The van der Waals surface area contributed by atoms with Crippen LogP contribution in [0.2, 0.25) is 0 Å². The van der Waals surface area contributed by atoms with Gasteiger partial charge in [-0.25, -0.2) is 8.42 Å².